The van der Waals surface area contributed by atoms with Crippen molar-refractivity contribution in [1.82, 2.24) is 15.2 Å². The molecule has 40 heavy (non-hydrogen) atoms. The first-order valence-corrected chi connectivity index (χ1v) is 15.4. The van der Waals surface area contributed by atoms with Gasteiger partial charge in [0.15, 0.2) is 9.84 Å². The molecule has 3 aromatic rings. The molecule has 0 radical (unpaired) electrons. The first kappa shape index (κ1) is 29.9. The maximum Gasteiger partial charge on any atom is 0.256 e. The summed E-state index contributed by atoms with van der Waals surface area (Å²) < 4.78 is 26.6. The smallest absolute Gasteiger partial charge is 0.256 e. The molecule has 0 unspecified atom stereocenters. The summed E-state index contributed by atoms with van der Waals surface area (Å²) in [5.41, 5.74) is 4.06. The second-order valence-corrected chi connectivity index (χ2v) is 12.4. The molecule has 0 bridgehead atoms. The largest absolute Gasteiger partial charge is 0.358 e. The minimum Gasteiger partial charge on any atom is -0.358 e. The van der Waals surface area contributed by atoms with Crippen LogP contribution in [0.3, 0.4) is 0 Å². The van der Waals surface area contributed by atoms with Crippen LogP contribution in [0.2, 0.25) is 10.0 Å². The second kappa shape index (κ2) is 12.2. The van der Waals surface area contributed by atoms with Crippen LogP contribution in [0.25, 0.3) is 11.6 Å². The number of rotatable bonds is 10. The fourth-order valence-electron chi connectivity index (χ4n) is 4.81. The van der Waals surface area contributed by atoms with E-state index in [0.717, 1.165) is 19.6 Å². The van der Waals surface area contributed by atoms with E-state index in [1.807, 2.05) is 13.8 Å². The molecule has 0 saturated carbocycles. The van der Waals surface area contributed by atoms with Crippen molar-refractivity contribution in [1.29, 1.82) is 0 Å². The highest BCUT2D eigenvalue weighted by atomic mass is 35.5. The van der Waals surface area contributed by atoms with E-state index in [2.05, 4.69) is 34.4 Å². The summed E-state index contributed by atoms with van der Waals surface area (Å²) >= 11 is 12.4. The van der Waals surface area contributed by atoms with Gasteiger partial charge in [-0.2, -0.15) is 0 Å². The van der Waals surface area contributed by atoms with Crippen molar-refractivity contribution in [3.05, 3.63) is 80.1 Å². The number of hydrogen-bond donors (Lipinski definition) is 3. The highest BCUT2D eigenvalue weighted by molar-refractivity contribution is 7.90. The van der Waals surface area contributed by atoms with Gasteiger partial charge in [-0.1, -0.05) is 43.1 Å². The van der Waals surface area contributed by atoms with Crippen molar-refractivity contribution < 1.29 is 18.0 Å². The summed E-state index contributed by atoms with van der Waals surface area (Å²) in [6.45, 7) is 10.9. The SMILES string of the molecule is CCN(CC)CCNC(=O)c1c(C)[nH]c(/C=C2\C(=O)Nc3ccc(S(=O)(=O)Cc4c(Cl)cccc4Cl)cc32)c1C. The van der Waals surface area contributed by atoms with Crippen LogP contribution in [0.4, 0.5) is 5.69 Å². The number of amides is 2. The number of fused-ring (bicyclic) bond motifs is 1. The number of nitrogens with one attached hydrogen (secondary N) is 3. The Morgan fingerprint density at radius 1 is 1.07 bits per heavy atom. The van der Waals surface area contributed by atoms with Crippen molar-refractivity contribution in [2.45, 2.75) is 38.3 Å². The number of carbonyl (C=O) groups is 2. The predicted octanol–water partition coefficient (Wildman–Crippen LogP) is 5.48. The average Bonchev–Trinajstić information content (AvgIpc) is 3.37. The van der Waals surface area contributed by atoms with Crippen LogP contribution in [-0.4, -0.2) is 56.3 Å². The highest BCUT2D eigenvalue weighted by Crippen LogP contribution is 2.37. The third-order valence-corrected chi connectivity index (χ3v) is 9.48. The summed E-state index contributed by atoms with van der Waals surface area (Å²) in [6.07, 6.45) is 1.65. The molecule has 0 aliphatic carbocycles. The Hall–Kier alpha value is -3.11. The summed E-state index contributed by atoms with van der Waals surface area (Å²) in [7, 11) is -3.83. The molecule has 0 saturated heterocycles. The number of hydrogen-bond acceptors (Lipinski definition) is 5. The first-order chi connectivity index (χ1) is 19.0. The van der Waals surface area contributed by atoms with Gasteiger partial charge in [-0.3, -0.25) is 9.59 Å². The van der Waals surface area contributed by atoms with Crippen molar-refractivity contribution in [2.24, 2.45) is 0 Å². The fourth-order valence-corrected chi connectivity index (χ4v) is 6.93. The van der Waals surface area contributed by atoms with Crippen molar-refractivity contribution in [3.63, 3.8) is 0 Å². The topological polar surface area (TPSA) is 111 Å². The van der Waals surface area contributed by atoms with Crippen LogP contribution in [-0.2, 0) is 20.4 Å². The van der Waals surface area contributed by atoms with Gasteiger partial charge in [0, 0.05) is 51.3 Å². The fraction of sp³-hybridized carbons (Fsp3) is 0.310. The minimum absolute atomic E-state index is 0.0392. The number of carbonyl (C=O) groups excluding carboxylic acids is 2. The molecule has 1 aromatic heterocycles. The number of aromatic amines is 1. The molecule has 2 heterocycles. The van der Waals surface area contributed by atoms with E-state index in [1.54, 1.807) is 30.3 Å². The highest BCUT2D eigenvalue weighted by Gasteiger charge is 2.28. The van der Waals surface area contributed by atoms with E-state index in [1.165, 1.54) is 12.1 Å². The average molecular weight is 604 g/mol. The second-order valence-electron chi connectivity index (χ2n) is 9.63. The van der Waals surface area contributed by atoms with Crippen LogP contribution in [0.15, 0.2) is 41.3 Å². The van der Waals surface area contributed by atoms with Crippen molar-refractivity contribution in [3.8, 4) is 0 Å². The quantitative estimate of drug-likeness (QED) is 0.266. The van der Waals surface area contributed by atoms with Gasteiger partial charge in [0.1, 0.15) is 0 Å². The molecule has 212 valence electrons. The Morgan fingerprint density at radius 3 is 2.40 bits per heavy atom. The van der Waals surface area contributed by atoms with Crippen LogP contribution < -0.4 is 10.6 Å². The van der Waals surface area contributed by atoms with Gasteiger partial charge in [-0.05, 0) is 68.9 Å². The standard InChI is InChI=1S/C29H32Cl2N4O4S/c1-5-35(6-2)13-12-32-29(37)27-17(3)26(33-18(27)4)15-21-20-14-19(10-11-25(20)34-28(21)36)40(38,39)16-22-23(30)8-7-9-24(22)31/h7-11,14-15,33H,5-6,12-13,16H2,1-4H3,(H,32,37)(H,34,36)/b21-15-. The maximum atomic E-state index is 13.3. The van der Waals surface area contributed by atoms with Crippen LogP contribution in [0.5, 0.6) is 0 Å². The zero-order chi connectivity index (χ0) is 29.2. The molecular weight excluding hydrogens is 571 g/mol. The summed E-state index contributed by atoms with van der Waals surface area (Å²) in [5.74, 6) is -0.937. The van der Waals surface area contributed by atoms with E-state index < -0.39 is 9.84 Å². The summed E-state index contributed by atoms with van der Waals surface area (Å²) in [4.78, 5) is 31.4. The van der Waals surface area contributed by atoms with Crippen molar-refractivity contribution >= 4 is 62.2 Å². The van der Waals surface area contributed by atoms with Gasteiger partial charge in [0.05, 0.1) is 21.8 Å². The first-order valence-electron chi connectivity index (χ1n) is 13.0. The molecule has 0 fully saturated rings. The van der Waals surface area contributed by atoms with Crippen LogP contribution >= 0.6 is 23.2 Å². The predicted molar refractivity (Wildman–Crippen MR) is 161 cm³/mol. The molecule has 2 aromatic carbocycles. The molecule has 1 aliphatic rings. The van der Waals surface area contributed by atoms with E-state index in [4.69, 9.17) is 23.2 Å². The Kier molecular flexibility index (Phi) is 9.09. The molecule has 4 rings (SSSR count). The van der Waals surface area contributed by atoms with E-state index in [9.17, 15) is 18.0 Å². The lowest BCUT2D eigenvalue weighted by atomic mass is 10.0. The third-order valence-electron chi connectivity index (χ3n) is 7.13. The Balaban J connectivity index is 1.63. The number of halogens is 2. The molecule has 11 heteroatoms. The monoisotopic (exact) mass is 602 g/mol. The Bertz CT molecular complexity index is 1590. The molecule has 8 nitrogen and oxygen atoms in total. The number of sulfone groups is 1. The number of H-pyrrole nitrogens is 1. The Labute approximate surface area is 244 Å². The number of benzene rings is 2. The molecular formula is C29H32Cl2N4O4S. The molecule has 3 N–H and O–H groups in total. The zero-order valence-corrected chi connectivity index (χ0v) is 25.1. The lowest BCUT2D eigenvalue weighted by Gasteiger charge is -2.18. The normalized spacial score (nSPS) is 14.1. The molecule has 0 spiro atoms. The lowest BCUT2D eigenvalue weighted by molar-refractivity contribution is -0.110. The van der Waals surface area contributed by atoms with E-state index in [-0.39, 0.29) is 32.5 Å². The summed E-state index contributed by atoms with van der Waals surface area (Å²) in [6, 6.07) is 9.32. The van der Waals surface area contributed by atoms with Crippen LogP contribution in [0.1, 0.15) is 52.3 Å². The van der Waals surface area contributed by atoms with E-state index in [0.29, 0.717) is 51.4 Å². The lowest BCUT2D eigenvalue weighted by Crippen LogP contribution is -2.35. The number of aryl methyl sites for hydroxylation is 1. The van der Waals surface area contributed by atoms with Gasteiger partial charge >= 0.3 is 0 Å². The van der Waals surface area contributed by atoms with Gasteiger partial charge in [-0.15, -0.1) is 0 Å². The van der Waals surface area contributed by atoms with Gasteiger partial charge in [0.2, 0.25) is 0 Å². The maximum absolute atomic E-state index is 13.3. The molecule has 1 aliphatic heterocycles. The molecule has 2 amide bonds. The minimum atomic E-state index is -3.83. The van der Waals surface area contributed by atoms with Gasteiger partial charge in [0.25, 0.3) is 11.8 Å². The summed E-state index contributed by atoms with van der Waals surface area (Å²) in [5, 5.41) is 6.29. The number of anilines is 1. The van der Waals surface area contributed by atoms with E-state index >= 15 is 0 Å². The number of nitrogens with zero attached hydrogens (tertiary/aromatic N) is 1. The Morgan fingerprint density at radius 2 is 1.75 bits per heavy atom. The van der Waals surface area contributed by atoms with Gasteiger partial charge in [-0.25, -0.2) is 8.42 Å². The molecule has 0 atom stereocenters. The number of aromatic nitrogens is 1. The van der Waals surface area contributed by atoms with Gasteiger partial charge < -0.3 is 20.5 Å². The van der Waals surface area contributed by atoms with Crippen LogP contribution in [0, 0.1) is 13.8 Å². The van der Waals surface area contributed by atoms with Crippen molar-refractivity contribution in [2.75, 3.05) is 31.5 Å². The number of likely N-dealkylation sites (N-methyl/N-ethyl adjacent to an activating group) is 1. The third kappa shape index (κ3) is 6.12. The zero-order valence-electron chi connectivity index (χ0n) is 22.8.